The van der Waals surface area contributed by atoms with Crippen LogP contribution in [0.5, 0.6) is 0 Å². The Morgan fingerprint density at radius 2 is 1.92 bits per heavy atom. The van der Waals surface area contributed by atoms with Gasteiger partial charge in [-0.05, 0) is 24.1 Å². The van der Waals surface area contributed by atoms with E-state index in [-0.39, 0.29) is 0 Å². The fourth-order valence-electron chi connectivity index (χ4n) is 1.56. The fourth-order valence-corrected chi connectivity index (χ4v) is 1.68. The van der Waals surface area contributed by atoms with Gasteiger partial charge in [0.1, 0.15) is 0 Å². The van der Waals surface area contributed by atoms with Crippen molar-refractivity contribution < 1.29 is 0 Å². The monoisotopic (exact) mass is 193 g/mol. The smallest absolute Gasteiger partial charge is 0.0406 e. The van der Waals surface area contributed by atoms with E-state index in [1.54, 1.807) is 0 Å². The van der Waals surface area contributed by atoms with Crippen LogP contribution < -0.4 is 5.32 Å². The summed E-state index contributed by atoms with van der Waals surface area (Å²) in [5.41, 5.74) is 1.31. The molecule has 1 nitrogen and oxygen atoms in total. The average molecular weight is 194 g/mol. The Balaban J connectivity index is 2.15. The Labute approximate surface area is 83.4 Å². The summed E-state index contributed by atoms with van der Waals surface area (Å²) in [5, 5.41) is 4.23. The first-order valence-electron chi connectivity index (χ1n) is 4.50. The van der Waals surface area contributed by atoms with Crippen molar-refractivity contribution in [2.24, 2.45) is 0 Å². The lowest BCUT2D eigenvalue weighted by Crippen LogP contribution is -2.23. The molecule has 0 fully saturated rings. The molecule has 1 aliphatic heterocycles. The van der Waals surface area contributed by atoms with Crippen LogP contribution in [-0.4, -0.2) is 6.54 Å². The number of benzene rings is 1. The van der Waals surface area contributed by atoms with Crippen LogP contribution in [0.25, 0.3) is 0 Å². The highest BCUT2D eigenvalue weighted by molar-refractivity contribution is 6.30. The summed E-state index contributed by atoms with van der Waals surface area (Å²) in [4.78, 5) is 0. The first-order valence-corrected chi connectivity index (χ1v) is 4.88. The molecule has 0 radical (unpaired) electrons. The summed E-state index contributed by atoms with van der Waals surface area (Å²) in [6.07, 6.45) is 5.45. The number of hydrogen-bond acceptors (Lipinski definition) is 1. The Kier molecular flexibility index (Phi) is 2.67. The summed E-state index contributed by atoms with van der Waals surface area (Å²) in [7, 11) is 0. The first-order chi connectivity index (χ1) is 6.36. The Bertz CT molecular complexity index is 302. The Hall–Kier alpha value is -0.790. The van der Waals surface area contributed by atoms with E-state index in [0.717, 1.165) is 18.0 Å². The molecule has 1 aliphatic rings. The molecular weight excluding hydrogens is 182 g/mol. The second-order valence-corrected chi connectivity index (χ2v) is 3.66. The van der Waals surface area contributed by atoms with E-state index < -0.39 is 0 Å². The van der Waals surface area contributed by atoms with Gasteiger partial charge in [0.05, 0.1) is 0 Å². The first kappa shape index (κ1) is 8.79. The third kappa shape index (κ3) is 2.11. The Morgan fingerprint density at radius 3 is 2.54 bits per heavy atom. The summed E-state index contributed by atoms with van der Waals surface area (Å²) >= 11 is 5.82. The van der Waals surface area contributed by atoms with Crippen LogP contribution >= 0.6 is 11.6 Å². The van der Waals surface area contributed by atoms with Crippen molar-refractivity contribution in [1.82, 2.24) is 5.32 Å². The third-order valence-electron chi connectivity index (χ3n) is 2.29. The average Bonchev–Trinajstić information content (AvgIpc) is 2.20. The van der Waals surface area contributed by atoms with Gasteiger partial charge >= 0.3 is 0 Å². The van der Waals surface area contributed by atoms with Gasteiger partial charge in [-0.3, -0.25) is 0 Å². The molecule has 0 aromatic heterocycles. The molecule has 0 spiro atoms. The highest BCUT2D eigenvalue weighted by Crippen LogP contribution is 2.21. The largest absolute Gasteiger partial charge is 0.306 e. The van der Waals surface area contributed by atoms with Gasteiger partial charge in [-0.1, -0.05) is 35.9 Å². The summed E-state index contributed by atoms with van der Waals surface area (Å²) in [6, 6.07) is 8.51. The number of rotatable bonds is 1. The predicted octanol–water partition coefficient (Wildman–Crippen LogP) is 2.93. The molecule has 68 valence electrons. The minimum atomic E-state index is 0.460. The van der Waals surface area contributed by atoms with E-state index in [1.807, 2.05) is 12.1 Å². The van der Waals surface area contributed by atoms with Crippen LogP contribution in [-0.2, 0) is 0 Å². The molecule has 1 unspecified atom stereocenters. The van der Waals surface area contributed by atoms with Crippen molar-refractivity contribution in [2.75, 3.05) is 6.54 Å². The van der Waals surface area contributed by atoms with Gasteiger partial charge in [0.2, 0.25) is 0 Å². The van der Waals surface area contributed by atoms with Crippen molar-refractivity contribution in [2.45, 2.75) is 12.5 Å². The van der Waals surface area contributed by atoms with E-state index in [0.29, 0.717) is 6.04 Å². The van der Waals surface area contributed by atoms with Crippen LogP contribution in [0.4, 0.5) is 0 Å². The van der Waals surface area contributed by atoms with Crippen LogP contribution in [0, 0.1) is 0 Å². The molecule has 2 heteroatoms. The molecule has 2 rings (SSSR count). The van der Waals surface area contributed by atoms with Crippen LogP contribution in [0.15, 0.2) is 36.4 Å². The van der Waals surface area contributed by atoms with Crippen molar-refractivity contribution in [3.63, 3.8) is 0 Å². The molecule has 0 aliphatic carbocycles. The minimum absolute atomic E-state index is 0.460. The number of halogens is 1. The van der Waals surface area contributed by atoms with E-state index >= 15 is 0 Å². The summed E-state index contributed by atoms with van der Waals surface area (Å²) in [5.74, 6) is 0. The predicted molar refractivity (Wildman–Crippen MR) is 56.0 cm³/mol. The zero-order valence-corrected chi connectivity index (χ0v) is 8.09. The second-order valence-electron chi connectivity index (χ2n) is 3.22. The van der Waals surface area contributed by atoms with E-state index in [2.05, 4.69) is 29.6 Å². The maximum absolute atomic E-state index is 5.82. The molecule has 0 saturated heterocycles. The van der Waals surface area contributed by atoms with Gasteiger partial charge in [-0.15, -0.1) is 0 Å². The van der Waals surface area contributed by atoms with Gasteiger partial charge in [0.15, 0.2) is 0 Å². The van der Waals surface area contributed by atoms with E-state index in [4.69, 9.17) is 11.6 Å². The van der Waals surface area contributed by atoms with Crippen molar-refractivity contribution in [3.8, 4) is 0 Å². The maximum Gasteiger partial charge on any atom is 0.0406 e. The molecule has 1 N–H and O–H groups in total. The molecule has 1 heterocycles. The summed E-state index contributed by atoms with van der Waals surface area (Å²) < 4.78 is 0. The molecule has 1 atom stereocenters. The minimum Gasteiger partial charge on any atom is -0.306 e. The molecule has 0 bridgehead atoms. The highest BCUT2D eigenvalue weighted by atomic mass is 35.5. The van der Waals surface area contributed by atoms with Crippen molar-refractivity contribution in [3.05, 3.63) is 47.0 Å². The number of hydrogen-bond donors (Lipinski definition) is 1. The topological polar surface area (TPSA) is 12.0 Å². The fraction of sp³-hybridized carbons (Fsp3) is 0.273. The van der Waals surface area contributed by atoms with Crippen LogP contribution in [0.2, 0.25) is 5.02 Å². The molecule has 1 aromatic carbocycles. The molecular formula is C11H12ClN. The van der Waals surface area contributed by atoms with Gasteiger partial charge < -0.3 is 5.32 Å². The third-order valence-corrected chi connectivity index (χ3v) is 2.54. The lowest BCUT2D eigenvalue weighted by atomic mass is 10.0. The second kappa shape index (κ2) is 3.95. The normalized spacial score (nSPS) is 21.8. The van der Waals surface area contributed by atoms with Gasteiger partial charge in [-0.25, -0.2) is 0 Å². The lowest BCUT2D eigenvalue weighted by Gasteiger charge is -2.19. The highest BCUT2D eigenvalue weighted by Gasteiger charge is 2.10. The zero-order valence-electron chi connectivity index (χ0n) is 7.33. The SMILES string of the molecule is Clc1ccc(C2CC=CCN2)cc1. The van der Waals surface area contributed by atoms with Crippen molar-refractivity contribution >= 4 is 11.6 Å². The zero-order chi connectivity index (χ0) is 9.10. The van der Waals surface area contributed by atoms with Crippen LogP contribution in [0.1, 0.15) is 18.0 Å². The summed E-state index contributed by atoms with van der Waals surface area (Å²) in [6.45, 7) is 0.966. The number of nitrogens with one attached hydrogen (secondary N) is 1. The van der Waals surface area contributed by atoms with Crippen LogP contribution in [0.3, 0.4) is 0 Å². The molecule has 1 aromatic rings. The molecule has 0 amide bonds. The van der Waals surface area contributed by atoms with E-state index in [9.17, 15) is 0 Å². The van der Waals surface area contributed by atoms with E-state index in [1.165, 1.54) is 5.56 Å². The quantitative estimate of drug-likeness (QED) is 0.677. The van der Waals surface area contributed by atoms with Gasteiger partial charge in [0.25, 0.3) is 0 Å². The molecule has 13 heavy (non-hydrogen) atoms. The lowest BCUT2D eigenvalue weighted by molar-refractivity contribution is 0.555. The maximum atomic E-state index is 5.82. The van der Waals surface area contributed by atoms with Gasteiger partial charge in [-0.2, -0.15) is 0 Å². The van der Waals surface area contributed by atoms with Crippen molar-refractivity contribution in [1.29, 1.82) is 0 Å². The standard InChI is InChI=1S/C11H12ClN/c12-10-6-4-9(5-7-10)11-3-1-2-8-13-11/h1-2,4-7,11,13H,3,8H2. The van der Waals surface area contributed by atoms with Gasteiger partial charge in [0, 0.05) is 17.6 Å². The Morgan fingerprint density at radius 1 is 1.15 bits per heavy atom. The molecule has 0 saturated carbocycles.